The monoisotopic (exact) mass is 409 g/mol. The minimum absolute atomic E-state index is 0.0101. The van der Waals surface area contributed by atoms with Crippen LogP contribution < -0.4 is 10.1 Å². The van der Waals surface area contributed by atoms with Crippen LogP contribution in [0.1, 0.15) is 45.4 Å². The molecule has 0 spiro atoms. The molecular weight excluding hydrogens is 386 g/mol. The Bertz CT molecular complexity index is 753. The molecule has 2 aromatic rings. The highest BCUT2D eigenvalue weighted by Gasteiger charge is 2.26. The lowest BCUT2D eigenvalue weighted by molar-refractivity contribution is -0.121. The Balaban J connectivity index is 1.47. The zero-order chi connectivity index (χ0) is 19.2. The maximum Gasteiger partial charge on any atom is 0.277 e. The molecule has 1 heterocycles. The maximum atomic E-state index is 12.4. The van der Waals surface area contributed by atoms with Crippen molar-refractivity contribution in [2.45, 2.75) is 62.7 Å². The van der Waals surface area contributed by atoms with E-state index in [9.17, 15) is 4.79 Å². The fourth-order valence-corrected chi connectivity index (χ4v) is 3.89. The van der Waals surface area contributed by atoms with E-state index in [-0.39, 0.29) is 23.8 Å². The number of nitrogens with one attached hydrogen (secondary N) is 1. The first-order chi connectivity index (χ1) is 13.0. The number of hydrogen-bond acceptors (Lipinski definition) is 6. The predicted molar refractivity (Wildman–Crippen MR) is 105 cm³/mol. The van der Waals surface area contributed by atoms with E-state index in [0.29, 0.717) is 27.8 Å². The third-order valence-corrected chi connectivity index (χ3v) is 5.90. The van der Waals surface area contributed by atoms with Gasteiger partial charge in [0.25, 0.3) is 11.1 Å². The Morgan fingerprint density at radius 2 is 2.07 bits per heavy atom. The molecule has 1 N–H and O–H groups in total. The Morgan fingerprint density at radius 3 is 2.81 bits per heavy atom. The maximum absolute atomic E-state index is 12.4. The van der Waals surface area contributed by atoms with Gasteiger partial charge in [0.1, 0.15) is 5.75 Å². The molecule has 27 heavy (non-hydrogen) atoms. The van der Waals surface area contributed by atoms with Gasteiger partial charge in [0.05, 0.1) is 5.25 Å². The molecule has 0 bridgehead atoms. The summed E-state index contributed by atoms with van der Waals surface area (Å²) in [7, 11) is 0. The van der Waals surface area contributed by atoms with Crippen LogP contribution in [0.5, 0.6) is 5.75 Å². The van der Waals surface area contributed by atoms with E-state index in [0.717, 1.165) is 6.42 Å². The van der Waals surface area contributed by atoms with Crippen LogP contribution in [0.3, 0.4) is 0 Å². The molecule has 6 nitrogen and oxygen atoms in total. The van der Waals surface area contributed by atoms with Crippen molar-refractivity contribution >= 4 is 29.3 Å². The fourth-order valence-electron chi connectivity index (χ4n) is 3.06. The first-order valence-electron chi connectivity index (χ1n) is 9.19. The lowest BCUT2D eigenvalue weighted by Gasteiger charge is -2.30. The van der Waals surface area contributed by atoms with E-state index >= 15 is 0 Å². The molecule has 1 aromatic heterocycles. The molecule has 1 aromatic carbocycles. The van der Waals surface area contributed by atoms with E-state index < -0.39 is 0 Å². The Hall–Kier alpha value is -1.73. The number of carbonyl (C=O) groups excluding carboxylic acids is 1. The van der Waals surface area contributed by atoms with Crippen molar-refractivity contribution in [2.75, 3.05) is 0 Å². The number of ether oxygens (including phenoxy) is 1. The molecule has 0 aliphatic heterocycles. The highest BCUT2D eigenvalue weighted by molar-refractivity contribution is 8.00. The topological polar surface area (TPSA) is 77.2 Å². The molecule has 0 saturated heterocycles. The summed E-state index contributed by atoms with van der Waals surface area (Å²) in [5.41, 5.74) is 0. The first kappa shape index (κ1) is 20.0. The van der Waals surface area contributed by atoms with Gasteiger partial charge in [0, 0.05) is 11.1 Å². The number of amides is 1. The molecule has 0 radical (unpaired) electrons. The van der Waals surface area contributed by atoms with Gasteiger partial charge in [0.2, 0.25) is 5.91 Å². The molecule has 1 amide bonds. The van der Waals surface area contributed by atoms with Crippen LogP contribution in [0.4, 0.5) is 0 Å². The Morgan fingerprint density at radius 1 is 1.33 bits per heavy atom. The standard InChI is InChI=1S/C19H24ClN3O3S/c1-12-5-3-4-6-16(12)21-18(24)13(2)27-19-23-22-17(26-19)11-25-15-9-7-14(20)8-10-15/h7-10,12-13,16H,3-6,11H2,1-2H3,(H,21,24). The quantitative estimate of drug-likeness (QED) is 0.679. The minimum atomic E-state index is -0.301. The van der Waals surface area contributed by atoms with Gasteiger partial charge in [-0.05, 0) is 49.9 Å². The Kier molecular flexibility index (Phi) is 7.01. The summed E-state index contributed by atoms with van der Waals surface area (Å²) in [5.74, 6) is 1.57. The second-order valence-electron chi connectivity index (χ2n) is 6.84. The van der Waals surface area contributed by atoms with Crippen molar-refractivity contribution in [2.24, 2.45) is 5.92 Å². The van der Waals surface area contributed by atoms with E-state index in [1.165, 1.54) is 31.0 Å². The van der Waals surface area contributed by atoms with Crippen LogP contribution in [-0.4, -0.2) is 27.4 Å². The number of hydrogen-bond donors (Lipinski definition) is 1. The van der Waals surface area contributed by atoms with Gasteiger partial charge < -0.3 is 14.5 Å². The SMILES string of the molecule is CC(Sc1nnc(COc2ccc(Cl)cc2)o1)C(=O)NC1CCCCC1C. The number of rotatable bonds is 7. The van der Waals surface area contributed by atoms with Gasteiger partial charge in [-0.25, -0.2) is 0 Å². The van der Waals surface area contributed by atoms with Crippen molar-refractivity contribution in [1.29, 1.82) is 0 Å². The number of thioether (sulfide) groups is 1. The van der Waals surface area contributed by atoms with Gasteiger partial charge in [-0.1, -0.05) is 43.1 Å². The minimum Gasteiger partial charge on any atom is -0.484 e. The highest BCUT2D eigenvalue weighted by atomic mass is 35.5. The van der Waals surface area contributed by atoms with Crippen LogP contribution in [-0.2, 0) is 11.4 Å². The largest absolute Gasteiger partial charge is 0.484 e. The van der Waals surface area contributed by atoms with Gasteiger partial charge in [-0.2, -0.15) is 0 Å². The van der Waals surface area contributed by atoms with Crippen LogP contribution in [0.15, 0.2) is 33.9 Å². The number of carbonyl (C=O) groups is 1. The smallest absolute Gasteiger partial charge is 0.277 e. The van der Waals surface area contributed by atoms with Crippen molar-refractivity contribution < 1.29 is 13.9 Å². The summed E-state index contributed by atoms with van der Waals surface area (Å²) in [4.78, 5) is 12.4. The van der Waals surface area contributed by atoms with Crippen LogP contribution in [0.25, 0.3) is 0 Å². The normalized spacial score (nSPS) is 20.9. The van der Waals surface area contributed by atoms with Gasteiger partial charge in [-0.15, -0.1) is 10.2 Å². The van der Waals surface area contributed by atoms with Gasteiger partial charge in [0.15, 0.2) is 6.61 Å². The van der Waals surface area contributed by atoms with Gasteiger partial charge >= 0.3 is 0 Å². The zero-order valence-electron chi connectivity index (χ0n) is 15.5. The molecule has 1 fully saturated rings. The molecule has 8 heteroatoms. The number of nitrogens with zero attached hydrogens (tertiary/aromatic N) is 2. The second kappa shape index (κ2) is 9.46. The molecule has 3 unspecified atom stereocenters. The second-order valence-corrected chi connectivity index (χ2v) is 8.57. The average Bonchev–Trinajstić information content (AvgIpc) is 3.10. The molecule has 1 aliphatic rings. The summed E-state index contributed by atoms with van der Waals surface area (Å²) < 4.78 is 11.2. The number of halogens is 1. The summed E-state index contributed by atoms with van der Waals surface area (Å²) in [6, 6.07) is 7.30. The first-order valence-corrected chi connectivity index (χ1v) is 10.4. The molecule has 1 saturated carbocycles. The lowest BCUT2D eigenvalue weighted by atomic mass is 9.86. The zero-order valence-corrected chi connectivity index (χ0v) is 17.1. The third-order valence-electron chi connectivity index (χ3n) is 4.71. The summed E-state index contributed by atoms with van der Waals surface area (Å²) in [6.07, 6.45) is 4.66. The van der Waals surface area contributed by atoms with E-state index in [1.807, 2.05) is 6.92 Å². The van der Waals surface area contributed by atoms with Crippen molar-refractivity contribution in [3.8, 4) is 5.75 Å². The highest BCUT2D eigenvalue weighted by Crippen LogP contribution is 2.26. The van der Waals surface area contributed by atoms with Crippen molar-refractivity contribution in [3.05, 3.63) is 35.2 Å². The molecule has 3 rings (SSSR count). The molecule has 1 aliphatic carbocycles. The fraction of sp³-hybridized carbons (Fsp3) is 0.526. The van der Waals surface area contributed by atoms with Crippen molar-refractivity contribution in [3.63, 3.8) is 0 Å². The van der Waals surface area contributed by atoms with Crippen LogP contribution in [0, 0.1) is 5.92 Å². The van der Waals surface area contributed by atoms with Crippen molar-refractivity contribution in [1.82, 2.24) is 15.5 Å². The number of benzene rings is 1. The van der Waals surface area contributed by atoms with Gasteiger partial charge in [-0.3, -0.25) is 4.79 Å². The van der Waals surface area contributed by atoms with E-state index in [2.05, 4.69) is 22.4 Å². The predicted octanol–water partition coefficient (Wildman–Crippen LogP) is 4.48. The Labute approximate surface area is 168 Å². The summed E-state index contributed by atoms with van der Waals surface area (Å²) in [6.45, 7) is 4.21. The lowest BCUT2D eigenvalue weighted by Crippen LogP contribution is -2.44. The van der Waals surface area contributed by atoms with Crippen LogP contribution in [0.2, 0.25) is 5.02 Å². The molecule has 3 atom stereocenters. The summed E-state index contributed by atoms with van der Waals surface area (Å²) in [5, 5.41) is 11.8. The number of aromatic nitrogens is 2. The van der Waals surface area contributed by atoms with E-state index in [1.54, 1.807) is 24.3 Å². The van der Waals surface area contributed by atoms with Crippen LogP contribution >= 0.6 is 23.4 Å². The molecular formula is C19H24ClN3O3S. The average molecular weight is 410 g/mol. The summed E-state index contributed by atoms with van der Waals surface area (Å²) >= 11 is 7.10. The molecule has 146 valence electrons. The van der Waals surface area contributed by atoms with E-state index in [4.69, 9.17) is 20.8 Å². The third kappa shape index (κ3) is 5.87.